The summed E-state index contributed by atoms with van der Waals surface area (Å²) >= 11 is 5.86. The number of halogens is 2. The van der Waals surface area contributed by atoms with Gasteiger partial charge in [0, 0.05) is 11.1 Å². The van der Waals surface area contributed by atoms with Gasteiger partial charge in [0.2, 0.25) is 0 Å². The fourth-order valence-corrected chi connectivity index (χ4v) is 2.16. The zero-order valence-corrected chi connectivity index (χ0v) is 11.4. The van der Waals surface area contributed by atoms with Crippen LogP contribution in [0.4, 0.5) is 15.8 Å². The maximum Gasteiger partial charge on any atom is 0.291 e. The monoisotopic (exact) mass is 304 g/mol. The summed E-state index contributed by atoms with van der Waals surface area (Å²) in [6, 6.07) is 10.4. The van der Waals surface area contributed by atoms with Gasteiger partial charge in [-0.15, -0.1) is 0 Å². The van der Waals surface area contributed by atoms with Crippen LogP contribution in [0, 0.1) is 5.82 Å². The van der Waals surface area contributed by atoms with E-state index >= 15 is 0 Å². The predicted molar refractivity (Wildman–Crippen MR) is 80.0 cm³/mol. The van der Waals surface area contributed by atoms with Gasteiger partial charge < -0.3 is 15.5 Å². The number of nitrogens with two attached hydrogens (primary N) is 1. The first-order valence-corrected chi connectivity index (χ1v) is 6.46. The third kappa shape index (κ3) is 2.68. The maximum atomic E-state index is 13.0. The number of hydrogen-bond donors (Lipinski definition) is 2. The molecule has 0 unspecified atom stereocenters. The second-order valence-electron chi connectivity index (χ2n) is 4.49. The summed E-state index contributed by atoms with van der Waals surface area (Å²) in [4.78, 5) is 12.1. The molecule has 6 heteroatoms. The minimum absolute atomic E-state index is 0.115. The van der Waals surface area contributed by atoms with Gasteiger partial charge in [0.15, 0.2) is 5.76 Å². The van der Waals surface area contributed by atoms with E-state index in [4.69, 9.17) is 21.8 Å². The fraction of sp³-hybridized carbons (Fsp3) is 0. The molecule has 0 saturated heterocycles. The topological polar surface area (TPSA) is 68.3 Å². The molecule has 0 aliphatic rings. The average Bonchev–Trinajstić information content (AvgIpc) is 2.85. The summed E-state index contributed by atoms with van der Waals surface area (Å²) in [5.41, 5.74) is 7.12. The smallest absolute Gasteiger partial charge is 0.291 e. The van der Waals surface area contributed by atoms with Crippen molar-refractivity contribution in [2.45, 2.75) is 0 Å². The Morgan fingerprint density at radius 3 is 2.76 bits per heavy atom. The van der Waals surface area contributed by atoms with Crippen LogP contribution in [0.5, 0.6) is 0 Å². The summed E-state index contributed by atoms with van der Waals surface area (Å²) < 4.78 is 18.4. The minimum Gasteiger partial charge on any atom is -0.451 e. The van der Waals surface area contributed by atoms with Crippen molar-refractivity contribution in [3.05, 3.63) is 59.1 Å². The molecule has 0 aliphatic carbocycles. The van der Waals surface area contributed by atoms with Gasteiger partial charge in [-0.25, -0.2) is 4.39 Å². The molecule has 1 heterocycles. The summed E-state index contributed by atoms with van der Waals surface area (Å²) in [5.74, 6) is -0.827. The lowest BCUT2D eigenvalue weighted by atomic mass is 10.2. The molecule has 0 fully saturated rings. The average molecular weight is 305 g/mol. The number of hydrogen-bond acceptors (Lipinski definition) is 3. The molecule has 0 spiro atoms. The Bertz CT molecular complexity index is 845. The van der Waals surface area contributed by atoms with Gasteiger partial charge in [0.05, 0.1) is 10.7 Å². The van der Waals surface area contributed by atoms with Gasteiger partial charge in [0.25, 0.3) is 5.91 Å². The first-order chi connectivity index (χ1) is 10.0. The van der Waals surface area contributed by atoms with Crippen molar-refractivity contribution in [2.75, 3.05) is 11.1 Å². The van der Waals surface area contributed by atoms with Gasteiger partial charge >= 0.3 is 0 Å². The van der Waals surface area contributed by atoms with Crippen LogP contribution in [-0.4, -0.2) is 5.91 Å². The third-order valence-corrected chi connectivity index (χ3v) is 3.26. The number of benzene rings is 2. The maximum absolute atomic E-state index is 13.0. The van der Waals surface area contributed by atoms with Crippen LogP contribution in [0.2, 0.25) is 5.02 Å². The second kappa shape index (κ2) is 5.10. The lowest BCUT2D eigenvalue weighted by Crippen LogP contribution is -2.11. The summed E-state index contributed by atoms with van der Waals surface area (Å²) in [6.07, 6.45) is 0. The molecule has 0 saturated carbocycles. The number of carbonyl (C=O) groups is 1. The Balaban J connectivity index is 1.89. The number of anilines is 2. The lowest BCUT2D eigenvalue weighted by molar-refractivity contribution is 0.0998. The van der Waals surface area contributed by atoms with Crippen molar-refractivity contribution < 1.29 is 13.6 Å². The van der Waals surface area contributed by atoms with E-state index < -0.39 is 11.7 Å². The zero-order chi connectivity index (χ0) is 15.0. The van der Waals surface area contributed by atoms with Crippen molar-refractivity contribution in [3.8, 4) is 0 Å². The molecular formula is C15H10ClFN2O2. The Kier molecular flexibility index (Phi) is 3.27. The van der Waals surface area contributed by atoms with Crippen molar-refractivity contribution in [1.82, 2.24) is 0 Å². The number of nitrogens with one attached hydrogen (secondary N) is 1. The Morgan fingerprint density at radius 2 is 2.00 bits per heavy atom. The van der Waals surface area contributed by atoms with E-state index in [0.717, 1.165) is 11.5 Å². The van der Waals surface area contributed by atoms with Crippen LogP contribution in [0.15, 0.2) is 46.9 Å². The molecule has 0 bridgehead atoms. The fourth-order valence-electron chi connectivity index (χ4n) is 1.95. The van der Waals surface area contributed by atoms with Crippen LogP contribution < -0.4 is 11.1 Å². The molecule has 3 rings (SSSR count). The first-order valence-electron chi connectivity index (χ1n) is 6.08. The van der Waals surface area contributed by atoms with E-state index in [-0.39, 0.29) is 10.8 Å². The van der Waals surface area contributed by atoms with E-state index in [2.05, 4.69) is 5.32 Å². The van der Waals surface area contributed by atoms with Crippen molar-refractivity contribution in [2.24, 2.45) is 0 Å². The van der Waals surface area contributed by atoms with Gasteiger partial charge in [-0.3, -0.25) is 4.79 Å². The number of amides is 1. The van der Waals surface area contributed by atoms with Crippen molar-refractivity contribution in [3.63, 3.8) is 0 Å². The molecule has 21 heavy (non-hydrogen) atoms. The molecular weight excluding hydrogens is 295 g/mol. The summed E-state index contributed by atoms with van der Waals surface area (Å²) in [6.45, 7) is 0. The number of fused-ring (bicyclic) bond motifs is 1. The molecule has 1 amide bonds. The molecule has 0 radical (unpaired) electrons. The van der Waals surface area contributed by atoms with Gasteiger partial charge in [-0.1, -0.05) is 11.6 Å². The quantitative estimate of drug-likeness (QED) is 0.701. The highest BCUT2D eigenvalue weighted by Crippen LogP contribution is 2.25. The zero-order valence-electron chi connectivity index (χ0n) is 10.7. The van der Waals surface area contributed by atoms with Crippen LogP contribution >= 0.6 is 11.6 Å². The van der Waals surface area contributed by atoms with Crippen LogP contribution in [0.3, 0.4) is 0 Å². The van der Waals surface area contributed by atoms with E-state index in [0.29, 0.717) is 17.0 Å². The molecule has 3 aromatic rings. The summed E-state index contributed by atoms with van der Waals surface area (Å²) in [5, 5.41) is 3.41. The van der Waals surface area contributed by atoms with E-state index in [1.54, 1.807) is 24.3 Å². The largest absolute Gasteiger partial charge is 0.451 e. The molecule has 2 aromatic carbocycles. The van der Waals surface area contributed by atoms with Crippen molar-refractivity contribution >= 4 is 39.9 Å². The molecule has 0 aliphatic heterocycles. The Labute approximate surface area is 124 Å². The SMILES string of the molecule is Nc1ccc2oc(C(=O)Nc3ccc(F)cc3Cl)cc2c1. The number of furan rings is 1. The van der Waals surface area contributed by atoms with Crippen LogP contribution in [0.1, 0.15) is 10.6 Å². The summed E-state index contributed by atoms with van der Waals surface area (Å²) in [7, 11) is 0. The van der Waals surface area contributed by atoms with E-state index in [9.17, 15) is 9.18 Å². The molecule has 106 valence electrons. The number of carbonyl (C=O) groups excluding carboxylic acids is 1. The van der Waals surface area contributed by atoms with Gasteiger partial charge in [0.1, 0.15) is 11.4 Å². The normalized spacial score (nSPS) is 10.8. The predicted octanol–water partition coefficient (Wildman–Crippen LogP) is 4.06. The van der Waals surface area contributed by atoms with Gasteiger partial charge in [-0.05, 0) is 42.5 Å². The molecule has 1 aromatic heterocycles. The molecule has 0 atom stereocenters. The lowest BCUT2D eigenvalue weighted by Gasteiger charge is -2.05. The van der Waals surface area contributed by atoms with Crippen molar-refractivity contribution in [1.29, 1.82) is 0 Å². The van der Waals surface area contributed by atoms with Crippen LogP contribution in [-0.2, 0) is 0 Å². The second-order valence-corrected chi connectivity index (χ2v) is 4.89. The highest BCUT2D eigenvalue weighted by molar-refractivity contribution is 6.33. The standard InChI is InChI=1S/C15H10ClFN2O2/c16-11-7-9(17)1-3-12(11)19-15(20)14-6-8-5-10(18)2-4-13(8)21-14/h1-7H,18H2,(H,19,20). The van der Waals surface area contributed by atoms with E-state index in [1.807, 2.05) is 0 Å². The number of nitrogen functional groups attached to an aromatic ring is 1. The number of rotatable bonds is 2. The molecule has 4 nitrogen and oxygen atoms in total. The van der Waals surface area contributed by atoms with Crippen LogP contribution in [0.25, 0.3) is 11.0 Å². The minimum atomic E-state index is -0.475. The van der Waals surface area contributed by atoms with Gasteiger partial charge in [-0.2, -0.15) is 0 Å². The Hall–Kier alpha value is -2.53. The van der Waals surface area contributed by atoms with E-state index in [1.165, 1.54) is 12.1 Å². The molecule has 3 N–H and O–H groups in total. The highest BCUT2D eigenvalue weighted by Gasteiger charge is 2.14. The third-order valence-electron chi connectivity index (χ3n) is 2.94. The first kappa shape index (κ1) is 13.5. The highest BCUT2D eigenvalue weighted by atomic mass is 35.5. The Morgan fingerprint density at radius 1 is 1.19 bits per heavy atom.